The molecule has 3 heterocycles. The summed E-state index contributed by atoms with van der Waals surface area (Å²) >= 11 is 0. The van der Waals surface area contributed by atoms with Gasteiger partial charge in [-0.25, -0.2) is 9.07 Å². The molecule has 1 aliphatic heterocycles. The Balaban J connectivity index is 1.64. The van der Waals surface area contributed by atoms with Crippen LogP contribution in [0.1, 0.15) is 28.4 Å². The molecule has 0 spiro atoms. The molecule has 2 aromatic carbocycles. The number of halogens is 1. The van der Waals surface area contributed by atoms with E-state index in [9.17, 15) is 19.1 Å². The number of aliphatic hydroxyl groups is 1. The Hall–Kier alpha value is -4.59. The molecular weight excluding hydrogens is 447 g/mol. The molecule has 1 fully saturated rings. The van der Waals surface area contributed by atoms with Crippen LogP contribution in [0.4, 0.5) is 4.39 Å². The fourth-order valence-corrected chi connectivity index (χ4v) is 4.34. The number of likely N-dealkylation sites (tertiary alicyclic amines) is 1. The molecule has 5 rings (SSSR count). The van der Waals surface area contributed by atoms with E-state index >= 15 is 0 Å². The number of hydrogen-bond acceptors (Lipinski definition) is 5. The van der Waals surface area contributed by atoms with E-state index in [0.29, 0.717) is 16.8 Å². The number of aromatic nitrogens is 3. The van der Waals surface area contributed by atoms with E-state index in [2.05, 4.69) is 10.1 Å². The summed E-state index contributed by atoms with van der Waals surface area (Å²) < 4.78 is 15.3. The largest absolute Gasteiger partial charge is 0.507 e. The van der Waals surface area contributed by atoms with E-state index in [1.807, 2.05) is 30.3 Å². The normalized spacial score (nSPS) is 17.2. The highest BCUT2D eigenvalue weighted by Crippen LogP contribution is 2.40. The van der Waals surface area contributed by atoms with Gasteiger partial charge in [-0.05, 0) is 48.4 Å². The first kappa shape index (κ1) is 22.2. The van der Waals surface area contributed by atoms with Gasteiger partial charge in [0.05, 0.1) is 34.8 Å². The zero-order valence-electron chi connectivity index (χ0n) is 18.8. The van der Waals surface area contributed by atoms with Crippen LogP contribution in [0.3, 0.4) is 0 Å². The van der Waals surface area contributed by atoms with Crippen molar-refractivity contribution in [1.29, 1.82) is 0 Å². The lowest BCUT2D eigenvalue weighted by Gasteiger charge is -2.25. The minimum atomic E-state index is -0.907. The smallest absolute Gasteiger partial charge is 0.295 e. The molecule has 174 valence electrons. The zero-order valence-corrected chi connectivity index (χ0v) is 18.8. The fourth-order valence-electron chi connectivity index (χ4n) is 4.34. The number of amides is 1. The van der Waals surface area contributed by atoms with Gasteiger partial charge in [-0.15, -0.1) is 0 Å². The van der Waals surface area contributed by atoms with Gasteiger partial charge in [-0.1, -0.05) is 36.4 Å². The Morgan fingerprint density at radius 3 is 2.43 bits per heavy atom. The maximum atomic E-state index is 13.7. The number of ketones is 1. The summed E-state index contributed by atoms with van der Waals surface area (Å²) in [4.78, 5) is 31.8. The van der Waals surface area contributed by atoms with E-state index in [-0.39, 0.29) is 17.9 Å². The number of carbonyl (C=O) groups excluding carboxylic acids is 2. The van der Waals surface area contributed by atoms with E-state index in [0.717, 1.165) is 11.3 Å². The molecule has 4 aromatic rings. The number of para-hydroxylation sites is 1. The van der Waals surface area contributed by atoms with Crippen molar-refractivity contribution >= 4 is 17.4 Å². The molecule has 1 N–H and O–H groups in total. The van der Waals surface area contributed by atoms with Crippen molar-refractivity contribution in [3.63, 3.8) is 0 Å². The SMILES string of the molecule is Cc1c(/C(O)=C2\C(=O)C(=O)N(Cc3cccnc3)C2c2ccc(F)cc2)cnn1-c1ccccc1. The Morgan fingerprint density at radius 1 is 1.00 bits per heavy atom. The maximum Gasteiger partial charge on any atom is 0.295 e. The molecule has 1 atom stereocenters. The molecule has 1 unspecified atom stereocenters. The van der Waals surface area contributed by atoms with Gasteiger partial charge in [0.1, 0.15) is 11.6 Å². The third kappa shape index (κ3) is 3.99. The van der Waals surface area contributed by atoms with Crippen LogP contribution in [-0.4, -0.2) is 36.5 Å². The van der Waals surface area contributed by atoms with Gasteiger partial charge in [0, 0.05) is 18.9 Å². The average Bonchev–Trinajstić information content (AvgIpc) is 3.38. The summed E-state index contributed by atoms with van der Waals surface area (Å²) in [5, 5.41) is 15.7. The minimum Gasteiger partial charge on any atom is -0.507 e. The zero-order chi connectivity index (χ0) is 24.5. The quantitative estimate of drug-likeness (QED) is 0.268. The Bertz CT molecular complexity index is 1430. The third-order valence-corrected chi connectivity index (χ3v) is 6.07. The highest BCUT2D eigenvalue weighted by molar-refractivity contribution is 6.46. The van der Waals surface area contributed by atoms with Gasteiger partial charge in [-0.2, -0.15) is 5.10 Å². The van der Waals surface area contributed by atoms with Crippen molar-refractivity contribution in [2.75, 3.05) is 0 Å². The molecule has 7 nitrogen and oxygen atoms in total. The van der Waals surface area contributed by atoms with Crippen LogP contribution < -0.4 is 0 Å². The van der Waals surface area contributed by atoms with Crippen molar-refractivity contribution in [3.05, 3.63) is 119 Å². The second kappa shape index (κ2) is 8.98. The third-order valence-electron chi connectivity index (χ3n) is 6.07. The number of rotatable bonds is 5. The second-order valence-electron chi connectivity index (χ2n) is 8.23. The van der Waals surface area contributed by atoms with E-state index in [4.69, 9.17) is 0 Å². The maximum absolute atomic E-state index is 13.7. The lowest BCUT2D eigenvalue weighted by Crippen LogP contribution is -2.29. The number of carbonyl (C=O) groups is 2. The van der Waals surface area contributed by atoms with Crippen LogP contribution in [0.5, 0.6) is 0 Å². The van der Waals surface area contributed by atoms with Gasteiger partial charge in [0.15, 0.2) is 0 Å². The summed E-state index contributed by atoms with van der Waals surface area (Å²) in [5.41, 5.74) is 2.88. The molecule has 0 aliphatic carbocycles. The van der Waals surface area contributed by atoms with Gasteiger partial charge in [0.25, 0.3) is 11.7 Å². The first-order valence-corrected chi connectivity index (χ1v) is 11.0. The van der Waals surface area contributed by atoms with E-state index < -0.39 is 23.5 Å². The van der Waals surface area contributed by atoms with Crippen LogP contribution in [0.25, 0.3) is 11.4 Å². The van der Waals surface area contributed by atoms with Crippen LogP contribution in [0, 0.1) is 12.7 Å². The average molecular weight is 468 g/mol. The molecule has 1 amide bonds. The highest BCUT2D eigenvalue weighted by Gasteiger charge is 2.46. The highest BCUT2D eigenvalue weighted by atomic mass is 19.1. The molecule has 8 heteroatoms. The summed E-state index contributed by atoms with van der Waals surface area (Å²) in [6, 6.07) is 17.5. The van der Waals surface area contributed by atoms with Crippen molar-refractivity contribution in [2.24, 2.45) is 0 Å². The van der Waals surface area contributed by atoms with Gasteiger partial charge < -0.3 is 10.0 Å². The lowest BCUT2D eigenvalue weighted by atomic mass is 9.95. The molecule has 1 aliphatic rings. The van der Waals surface area contributed by atoms with Crippen LogP contribution in [0.15, 0.2) is 90.9 Å². The van der Waals surface area contributed by atoms with E-state index in [1.165, 1.54) is 35.4 Å². The van der Waals surface area contributed by atoms with Gasteiger partial charge in [0.2, 0.25) is 0 Å². The van der Waals surface area contributed by atoms with Gasteiger partial charge >= 0.3 is 0 Å². The predicted octanol–water partition coefficient (Wildman–Crippen LogP) is 4.34. The van der Waals surface area contributed by atoms with Crippen LogP contribution in [0.2, 0.25) is 0 Å². The van der Waals surface area contributed by atoms with E-state index in [1.54, 1.807) is 36.1 Å². The Kier molecular flexibility index (Phi) is 5.70. The molecule has 2 aromatic heterocycles. The summed E-state index contributed by atoms with van der Waals surface area (Å²) in [5.74, 6) is -2.34. The van der Waals surface area contributed by atoms with Crippen molar-refractivity contribution < 1.29 is 19.1 Å². The van der Waals surface area contributed by atoms with Crippen molar-refractivity contribution in [1.82, 2.24) is 19.7 Å². The number of pyridine rings is 1. The van der Waals surface area contributed by atoms with Crippen LogP contribution >= 0.6 is 0 Å². The molecule has 35 heavy (non-hydrogen) atoms. The second-order valence-corrected chi connectivity index (χ2v) is 8.23. The summed E-state index contributed by atoms with van der Waals surface area (Å²) in [6.07, 6.45) is 4.69. The number of benzene rings is 2. The molecule has 0 radical (unpaired) electrons. The van der Waals surface area contributed by atoms with Gasteiger partial charge in [-0.3, -0.25) is 14.6 Å². The number of hydrogen-bond donors (Lipinski definition) is 1. The topological polar surface area (TPSA) is 88.3 Å². The monoisotopic (exact) mass is 468 g/mol. The first-order valence-electron chi connectivity index (χ1n) is 11.0. The molecule has 1 saturated heterocycles. The molecule has 0 bridgehead atoms. The number of nitrogens with zero attached hydrogens (tertiary/aromatic N) is 4. The minimum absolute atomic E-state index is 0.0683. The Labute approximate surface area is 200 Å². The predicted molar refractivity (Wildman–Crippen MR) is 127 cm³/mol. The standard InChI is InChI=1S/C27H21FN4O3/c1-17-22(15-30-32(17)21-7-3-2-4-8-21)25(33)23-24(19-9-11-20(28)12-10-19)31(27(35)26(23)34)16-18-6-5-13-29-14-18/h2-15,24,33H,16H2,1H3/b25-23+. The lowest BCUT2D eigenvalue weighted by molar-refractivity contribution is -0.140. The summed E-state index contributed by atoms with van der Waals surface area (Å²) in [6.45, 7) is 1.87. The summed E-state index contributed by atoms with van der Waals surface area (Å²) in [7, 11) is 0. The molecular formula is C27H21FN4O3. The van der Waals surface area contributed by atoms with Crippen molar-refractivity contribution in [2.45, 2.75) is 19.5 Å². The Morgan fingerprint density at radius 2 is 1.74 bits per heavy atom. The first-order chi connectivity index (χ1) is 17.0. The molecule has 0 saturated carbocycles. The fraction of sp³-hybridized carbons (Fsp3) is 0.111. The van der Waals surface area contributed by atoms with Crippen LogP contribution in [-0.2, 0) is 16.1 Å². The van der Waals surface area contributed by atoms with Crippen molar-refractivity contribution in [3.8, 4) is 5.69 Å². The number of Topliss-reactive ketones (excluding diaryl/α,β-unsaturated/α-hetero) is 1. The number of aliphatic hydroxyl groups excluding tert-OH is 1.